The molecule has 0 spiro atoms. The molecular weight excluding hydrogens is 400 g/mol. The smallest absolute Gasteiger partial charge is 0.325 e. The lowest BCUT2D eigenvalue weighted by molar-refractivity contribution is -0.117. The molecule has 0 radical (unpaired) electrons. The van der Waals surface area contributed by atoms with E-state index in [9.17, 15) is 19.2 Å². The van der Waals surface area contributed by atoms with Gasteiger partial charge in [-0.15, -0.1) is 0 Å². The average molecular weight is 420 g/mol. The predicted octanol–water partition coefficient (Wildman–Crippen LogP) is 0.831. The minimum atomic E-state index is -0.763. The number of aryl methyl sites for hydroxylation is 2. The van der Waals surface area contributed by atoms with Gasteiger partial charge in [-0.2, -0.15) is 5.10 Å². The second kappa shape index (κ2) is 8.27. The molecule has 1 aliphatic rings. The van der Waals surface area contributed by atoms with Crippen molar-refractivity contribution in [3.8, 4) is 0 Å². The van der Waals surface area contributed by atoms with Crippen molar-refractivity contribution in [2.45, 2.75) is 18.9 Å². The van der Waals surface area contributed by atoms with Gasteiger partial charge in [0.15, 0.2) is 5.69 Å². The molecule has 0 saturated heterocycles. The van der Waals surface area contributed by atoms with Gasteiger partial charge >= 0.3 is 6.03 Å². The monoisotopic (exact) mass is 420 g/mol. The molecule has 3 aromatic rings. The molecule has 10 heteroatoms. The Hall–Kier alpha value is -4.21. The van der Waals surface area contributed by atoms with Gasteiger partial charge in [0.05, 0.1) is 5.39 Å². The van der Waals surface area contributed by atoms with Crippen LogP contribution in [0.2, 0.25) is 0 Å². The van der Waals surface area contributed by atoms with Crippen LogP contribution in [0.15, 0.2) is 53.3 Å². The summed E-state index contributed by atoms with van der Waals surface area (Å²) in [4.78, 5) is 49.4. The number of urea groups is 1. The quantitative estimate of drug-likeness (QED) is 0.456. The number of nitrogens with zero attached hydrogens (tertiary/aromatic N) is 2. The van der Waals surface area contributed by atoms with Crippen LogP contribution >= 0.6 is 0 Å². The molecule has 10 nitrogen and oxygen atoms in total. The number of nitrogens with one attached hydrogen (secondary N) is 4. The normalized spacial score (nSPS) is 15.4. The largest absolute Gasteiger partial charge is 0.334 e. The van der Waals surface area contributed by atoms with Crippen LogP contribution in [0.25, 0.3) is 10.8 Å². The number of hydrogen-bond donors (Lipinski definition) is 4. The highest BCUT2D eigenvalue weighted by Gasteiger charge is 2.25. The molecule has 158 valence electrons. The molecule has 0 bridgehead atoms. The minimum absolute atomic E-state index is 0.0133. The lowest BCUT2D eigenvalue weighted by atomic mass is 10.1. The van der Waals surface area contributed by atoms with E-state index >= 15 is 0 Å². The Morgan fingerprint density at radius 3 is 2.55 bits per heavy atom. The van der Waals surface area contributed by atoms with Crippen LogP contribution in [0.4, 0.5) is 10.5 Å². The zero-order chi connectivity index (χ0) is 22.0. The summed E-state index contributed by atoms with van der Waals surface area (Å²) in [6.07, 6.45) is 1.03. The van der Waals surface area contributed by atoms with Gasteiger partial charge in [-0.3, -0.25) is 19.8 Å². The zero-order valence-electron chi connectivity index (χ0n) is 16.6. The maximum atomic E-state index is 12.6. The van der Waals surface area contributed by atoms with Crippen LogP contribution in [0.1, 0.15) is 22.5 Å². The third-order valence-electron chi connectivity index (χ3n) is 5.06. The van der Waals surface area contributed by atoms with E-state index in [0.29, 0.717) is 23.6 Å². The first-order valence-corrected chi connectivity index (χ1v) is 9.65. The van der Waals surface area contributed by atoms with Crippen LogP contribution in [0.5, 0.6) is 0 Å². The van der Waals surface area contributed by atoms with Gasteiger partial charge in [0.2, 0.25) is 5.91 Å². The molecule has 0 saturated carbocycles. The maximum absolute atomic E-state index is 12.6. The number of para-hydroxylation sites is 1. The molecule has 1 atom stereocenters. The molecule has 0 aliphatic carbocycles. The van der Waals surface area contributed by atoms with Crippen molar-refractivity contribution < 1.29 is 14.4 Å². The molecular formula is C21H20N6O4. The molecule has 1 aromatic heterocycles. The fraction of sp³-hybridized carbons (Fsp3) is 0.190. The minimum Gasteiger partial charge on any atom is -0.325 e. The molecule has 2 aromatic carbocycles. The third kappa shape index (κ3) is 4.08. The highest BCUT2D eigenvalue weighted by atomic mass is 16.2. The van der Waals surface area contributed by atoms with Gasteiger partial charge in [0.25, 0.3) is 11.5 Å². The first-order valence-electron chi connectivity index (χ1n) is 9.65. The summed E-state index contributed by atoms with van der Waals surface area (Å²) in [5.74, 6) is -1.03. The van der Waals surface area contributed by atoms with E-state index in [1.165, 1.54) is 7.05 Å². The second-order valence-electron chi connectivity index (χ2n) is 7.11. The van der Waals surface area contributed by atoms with E-state index in [0.717, 1.165) is 15.9 Å². The number of hydrogen-bond acceptors (Lipinski definition) is 5. The first-order chi connectivity index (χ1) is 14.9. The number of anilines is 1. The van der Waals surface area contributed by atoms with Crippen molar-refractivity contribution in [1.29, 1.82) is 0 Å². The summed E-state index contributed by atoms with van der Waals surface area (Å²) < 4.78 is 1.06. The maximum Gasteiger partial charge on any atom is 0.334 e. The number of rotatable bonds is 2. The Labute approximate surface area is 176 Å². The number of carbonyl (C=O) groups excluding carboxylic acids is 3. The summed E-state index contributed by atoms with van der Waals surface area (Å²) in [6.45, 7) is 0. The third-order valence-corrected chi connectivity index (χ3v) is 5.06. The van der Waals surface area contributed by atoms with E-state index in [-0.39, 0.29) is 17.2 Å². The molecule has 2 heterocycles. The lowest BCUT2D eigenvalue weighted by Gasteiger charge is -2.16. The van der Waals surface area contributed by atoms with Gasteiger partial charge in [-0.05, 0) is 30.5 Å². The van der Waals surface area contributed by atoms with Gasteiger partial charge in [-0.25, -0.2) is 14.9 Å². The fourth-order valence-electron chi connectivity index (χ4n) is 3.48. The van der Waals surface area contributed by atoms with Crippen LogP contribution in [-0.4, -0.2) is 33.7 Å². The number of carbonyl (C=O) groups is 3. The summed E-state index contributed by atoms with van der Waals surface area (Å²) in [5, 5.41) is 10.0. The van der Waals surface area contributed by atoms with Gasteiger partial charge in [0, 0.05) is 18.1 Å². The summed E-state index contributed by atoms with van der Waals surface area (Å²) in [6, 6.07) is 12.5. The number of hydrazine groups is 1. The zero-order valence-corrected chi connectivity index (χ0v) is 16.6. The summed E-state index contributed by atoms with van der Waals surface area (Å²) in [5.41, 5.74) is 5.86. The van der Waals surface area contributed by atoms with Crippen molar-refractivity contribution >= 4 is 34.3 Å². The van der Waals surface area contributed by atoms with Crippen LogP contribution in [0.3, 0.4) is 0 Å². The number of fused-ring (bicyclic) bond motifs is 2. The van der Waals surface area contributed by atoms with E-state index in [1.807, 2.05) is 18.2 Å². The molecule has 31 heavy (non-hydrogen) atoms. The highest BCUT2D eigenvalue weighted by Crippen LogP contribution is 2.21. The Balaban J connectivity index is 1.41. The van der Waals surface area contributed by atoms with Gasteiger partial charge < -0.3 is 10.6 Å². The van der Waals surface area contributed by atoms with Crippen LogP contribution < -0.4 is 27.0 Å². The Bertz CT molecular complexity index is 1250. The van der Waals surface area contributed by atoms with E-state index < -0.39 is 18.0 Å². The summed E-state index contributed by atoms with van der Waals surface area (Å²) in [7, 11) is 1.44. The topological polar surface area (TPSA) is 134 Å². The van der Waals surface area contributed by atoms with Crippen LogP contribution in [-0.2, 0) is 18.3 Å². The Kier molecular flexibility index (Phi) is 5.35. The lowest BCUT2D eigenvalue weighted by Crippen LogP contribution is -2.52. The molecule has 1 aliphatic heterocycles. The van der Waals surface area contributed by atoms with E-state index in [2.05, 4.69) is 26.6 Å². The molecule has 4 N–H and O–H groups in total. The molecule has 4 amide bonds. The standard InChI is InChI=1S/C21H20N6O4/c1-27-20(30)14-8-4-3-7-13(14)17(26-27)19(29)24-25-21(31)23-16-11-10-12-6-2-5-9-15(12)22-18(16)28/h2-9,16H,10-11H2,1H3,(H,22,28)(H,24,29)(H2,23,25,31). The van der Waals surface area contributed by atoms with Gasteiger partial charge in [-0.1, -0.05) is 36.4 Å². The number of aromatic nitrogens is 2. The Morgan fingerprint density at radius 2 is 1.74 bits per heavy atom. The van der Waals surface area contributed by atoms with Crippen molar-refractivity contribution in [1.82, 2.24) is 25.9 Å². The van der Waals surface area contributed by atoms with E-state index in [1.54, 1.807) is 30.3 Å². The number of amides is 4. The predicted molar refractivity (Wildman–Crippen MR) is 113 cm³/mol. The van der Waals surface area contributed by atoms with Gasteiger partial charge in [0.1, 0.15) is 6.04 Å². The fourth-order valence-corrected chi connectivity index (χ4v) is 3.48. The van der Waals surface area contributed by atoms with E-state index in [4.69, 9.17) is 0 Å². The van der Waals surface area contributed by atoms with Crippen molar-refractivity contribution in [2.75, 3.05) is 5.32 Å². The van der Waals surface area contributed by atoms with Crippen LogP contribution in [0, 0.1) is 0 Å². The van der Waals surface area contributed by atoms with Crippen molar-refractivity contribution in [3.05, 3.63) is 70.1 Å². The van der Waals surface area contributed by atoms with Crippen molar-refractivity contribution in [2.24, 2.45) is 7.05 Å². The molecule has 4 rings (SSSR count). The average Bonchev–Trinajstić information content (AvgIpc) is 2.93. The second-order valence-corrected chi connectivity index (χ2v) is 7.11. The number of benzene rings is 2. The summed E-state index contributed by atoms with van der Waals surface area (Å²) >= 11 is 0. The van der Waals surface area contributed by atoms with Crippen molar-refractivity contribution in [3.63, 3.8) is 0 Å². The first kappa shape index (κ1) is 20.1. The Morgan fingerprint density at radius 1 is 1.03 bits per heavy atom. The highest BCUT2D eigenvalue weighted by molar-refractivity contribution is 6.05. The molecule has 0 fully saturated rings. The SMILES string of the molecule is Cn1nc(C(=O)NNC(=O)NC2CCc3ccccc3NC2=O)c2ccccc2c1=O. The molecule has 1 unspecified atom stereocenters.